The van der Waals surface area contributed by atoms with E-state index in [1.165, 1.54) is 0 Å². The van der Waals surface area contributed by atoms with E-state index in [9.17, 15) is 0 Å². The van der Waals surface area contributed by atoms with Crippen molar-refractivity contribution in [3.8, 4) is 0 Å². The van der Waals surface area contributed by atoms with E-state index in [0.29, 0.717) is 26.4 Å². The Kier molecular flexibility index (Phi) is 7.97. The summed E-state index contributed by atoms with van der Waals surface area (Å²) in [6.07, 6.45) is 0. The highest BCUT2D eigenvalue weighted by Crippen LogP contribution is 2.15. The van der Waals surface area contributed by atoms with Gasteiger partial charge >= 0.3 is 9.05 Å². The topological polar surface area (TPSA) is 40.2 Å². The van der Waals surface area contributed by atoms with Gasteiger partial charge in [-0.05, 0) is 26.3 Å². The summed E-state index contributed by atoms with van der Waals surface area (Å²) in [7, 11) is -1.23. The van der Waals surface area contributed by atoms with Crippen LogP contribution in [0.1, 0.15) is 26.3 Å². The maximum absolute atomic E-state index is 5.87. The molecule has 0 aromatic heterocycles. The predicted molar refractivity (Wildman–Crippen MR) is 79.6 cm³/mol. The van der Waals surface area contributed by atoms with Crippen molar-refractivity contribution in [3.05, 3.63) is 35.9 Å². The van der Waals surface area contributed by atoms with E-state index in [4.69, 9.17) is 17.8 Å². The van der Waals surface area contributed by atoms with Gasteiger partial charge in [-0.15, -0.1) is 0 Å². The van der Waals surface area contributed by atoms with Crippen LogP contribution in [0, 0.1) is 0 Å². The SMILES string of the molecule is CCO[Si](OCC)(OCC)ON(C)Cc1ccccc1. The Morgan fingerprint density at radius 1 is 0.900 bits per heavy atom. The molecule has 0 N–H and O–H groups in total. The highest BCUT2D eigenvalue weighted by molar-refractivity contribution is 6.53. The van der Waals surface area contributed by atoms with Gasteiger partial charge in [-0.25, -0.2) is 0 Å². The van der Waals surface area contributed by atoms with Crippen LogP contribution in [0.4, 0.5) is 0 Å². The quantitative estimate of drug-likeness (QED) is 0.490. The van der Waals surface area contributed by atoms with Crippen LogP contribution in [-0.4, -0.2) is 41.0 Å². The maximum atomic E-state index is 5.87. The molecule has 6 heteroatoms. The Hall–Kier alpha value is -0.763. The van der Waals surface area contributed by atoms with E-state index in [0.717, 1.165) is 5.56 Å². The molecule has 0 aliphatic rings. The largest absolute Gasteiger partial charge is 0.697 e. The molecule has 0 bridgehead atoms. The third-order valence-corrected chi connectivity index (χ3v) is 4.94. The molecule has 0 amide bonds. The monoisotopic (exact) mass is 299 g/mol. The molecule has 1 aromatic rings. The summed E-state index contributed by atoms with van der Waals surface area (Å²) in [5, 5.41) is 1.71. The molecule has 0 aliphatic heterocycles. The zero-order valence-corrected chi connectivity index (χ0v) is 13.8. The van der Waals surface area contributed by atoms with Crippen LogP contribution < -0.4 is 0 Å². The van der Waals surface area contributed by atoms with Crippen LogP contribution in [0.2, 0.25) is 0 Å². The minimum Gasteiger partial charge on any atom is -0.351 e. The summed E-state index contributed by atoms with van der Waals surface area (Å²) in [4.78, 5) is 0. The number of nitrogens with zero attached hydrogens (tertiary/aromatic N) is 1. The van der Waals surface area contributed by atoms with Gasteiger partial charge in [0.2, 0.25) is 0 Å². The van der Waals surface area contributed by atoms with Gasteiger partial charge in [0.15, 0.2) is 0 Å². The van der Waals surface area contributed by atoms with Gasteiger partial charge in [-0.2, -0.15) is 5.06 Å². The molecule has 20 heavy (non-hydrogen) atoms. The first-order valence-corrected chi connectivity index (χ1v) is 8.65. The second-order valence-electron chi connectivity index (χ2n) is 4.16. The van der Waals surface area contributed by atoms with E-state index < -0.39 is 9.05 Å². The minimum atomic E-state index is -3.09. The molecule has 0 atom stereocenters. The number of hydrogen-bond acceptors (Lipinski definition) is 5. The Bertz CT molecular complexity index is 346. The lowest BCUT2D eigenvalue weighted by Gasteiger charge is -2.30. The first-order chi connectivity index (χ1) is 9.65. The highest BCUT2D eigenvalue weighted by Gasteiger charge is 2.47. The average molecular weight is 299 g/mol. The van der Waals surface area contributed by atoms with Gasteiger partial charge in [0.25, 0.3) is 0 Å². The van der Waals surface area contributed by atoms with Crippen molar-refractivity contribution in [2.75, 3.05) is 26.9 Å². The van der Waals surface area contributed by atoms with Gasteiger partial charge in [0.05, 0.1) is 0 Å². The molecular formula is C14H25NO4Si. The van der Waals surface area contributed by atoms with Crippen molar-refractivity contribution in [1.82, 2.24) is 5.06 Å². The first kappa shape index (κ1) is 17.3. The fourth-order valence-corrected chi connectivity index (χ4v) is 3.71. The fourth-order valence-electron chi connectivity index (χ4n) is 1.80. The second-order valence-corrected chi connectivity index (χ2v) is 6.21. The smallest absolute Gasteiger partial charge is 0.351 e. The highest BCUT2D eigenvalue weighted by atomic mass is 28.4. The number of hydroxylamine groups is 2. The molecule has 114 valence electrons. The van der Waals surface area contributed by atoms with Gasteiger partial charge in [-0.3, -0.25) is 4.53 Å². The standard InChI is InChI=1S/C14H25NO4Si/c1-5-16-20(17-6-2,18-7-3)19-15(4)13-14-11-9-8-10-12-14/h8-12H,5-7,13H2,1-4H3. The Balaban J connectivity index is 2.67. The van der Waals surface area contributed by atoms with Gasteiger partial charge in [-0.1, -0.05) is 30.3 Å². The van der Waals surface area contributed by atoms with Crippen LogP contribution in [0.25, 0.3) is 0 Å². The molecular weight excluding hydrogens is 274 g/mol. The Morgan fingerprint density at radius 2 is 1.40 bits per heavy atom. The van der Waals surface area contributed by atoms with E-state index in [2.05, 4.69) is 0 Å². The van der Waals surface area contributed by atoms with E-state index >= 15 is 0 Å². The lowest BCUT2D eigenvalue weighted by molar-refractivity contribution is -0.154. The van der Waals surface area contributed by atoms with Crippen LogP contribution in [-0.2, 0) is 24.3 Å². The van der Waals surface area contributed by atoms with Crippen molar-refractivity contribution < 1.29 is 17.8 Å². The molecule has 0 radical (unpaired) electrons. The molecule has 1 aromatic carbocycles. The lowest BCUT2D eigenvalue weighted by atomic mass is 10.2. The normalized spacial score (nSPS) is 12.1. The predicted octanol–water partition coefficient (Wildman–Crippen LogP) is 2.60. The van der Waals surface area contributed by atoms with E-state index in [1.807, 2.05) is 58.2 Å². The van der Waals surface area contributed by atoms with E-state index in [-0.39, 0.29) is 0 Å². The summed E-state index contributed by atoms with van der Waals surface area (Å²) >= 11 is 0. The molecule has 0 fully saturated rings. The minimum absolute atomic E-state index is 0.491. The summed E-state index contributed by atoms with van der Waals surface area (Å²) in [6, 6.07) is 10.1. The summed E-state index contributed by atoms with van der Waals surface area (Å²) in [5.74, 6) is 0. The molecule has 0 unspecified atom stereocenters. The van der Waals surface area contributed by atoms with Crippen molar-refractivity contribution >= 4 is 9.05 Å². The molecule has 0 saturated carbocycles. The number of rotatable bonds is 10. The Labute approximate surface area is 122 Å². The molecule has 0 aliphatic carbocycles. The van der Waals surface area contributed by atoms with Crippen molar-refractivity contribution in [2.24, 2.45) is 0 Å². The van der Waals surface area contributed by atoms with Crippen molar-refractivity contribution in [3.63, 3.8) is 0 Å². The first-order valence-electron chi connectivity index (χ1n) is 7.01. The third-order valence-electron chi connectivity index (χ3n) is 2.48. The van der Waals surface area contributed by atoms with Crippen LogP contribution in [0.5, 0.6) is 0 Å². The zero-order valence-electron chi connectivity index (χ0n) is 12.8. The summed E-state index contributed by atoms with van der Waals surface area (Å²) in [6.45, 7) is 7.83. The van der Waals surface area contributed by atoms with Gasteiger partial charge < -0.3 is 13.3 Å². The number of hydrogen-bond donors (Lipinski definition) is 0. The summed E-state index contributed by atoms with van der Waals surface area (Å²) < 4.78 is 22.8. The van der Waals surface area contributed by atoms with Crippen LogP contribution >= 0.6 is 0 Å². The molecule has 0 spiro atoms. The molecule has 0 heterocycles. The van der Waals surface area contributed by atoms with Crippen molar-refractivity contribution in [1.29, 1.82) is 0 Å². The molecule has 0 saturated heterocycles. The van der Waals surface area contributed by atoms with Gasteiger partial charge in [0, 0.05) is 33.4 Å². The second kappa shape index (κ2) is 9.22. The zero-order chi connectivity index (χ0) is 14.8. The maximum Gasteiger partial charge on any atom is 0.697 e. The third kappa shape index (κ3) is 5.70. The van der Waals surface area contributed by atoms with Gasteiger partial charge in [0.1, 0.15) is 0 Å². The van der Waals surface area contributed by atoms with Crippen molar-refractivity contribution in [2.45, 2.75) is 27.3 Å². The van der Waals surface area contributed by atoms with Crippen LogP contribution in [0.3, 0.4) is 0 Å². The fraction of sp³-hybridized carbons (Fsp3) is 0.571. The average Bonchev–Trinajstić information content (AvgIpc) is 2.40. The Morgan fingerprint density at radius 3 is 1.85 bits per heavy atom. The molecule has 1 rings (SSSR count). The number of benzene rings is 1. The van der Waals surface area contributed by atoms with E-state index in [1.54, 1.807) is 5.06 Å². The lowest BCUT2D eigenvalue weighted by Crippen LogP contribution is -2.52. The summed E-state index contributed by atoms with van der Waals surface area (Å²) in [5.41, 5.74) is 1.15. The molecule has 5 nitrogen and oxygen atoms in total. The van der Waals surface area contributed by atoms with Crippen LogP contribution in [0.15, 0.2) is 30.3 Å².